The number of ether oxygens (including phenoxy) is 3. The Morgan fingerprint density at radius 2 is 1.83 bits per heavy atom. The molecule has 8 nitrogen and oxygen atoms in total. The largest absolute Gasteiger partial charge is 0.493 e. The number of anilines is 2. The second-order valence-corrected chi connectivity index (χ2v) is 6.39. The van der Waals surface area contributed by atoms with Gasteiger partial charge in [-0.15, -0.1) is 0 Å². The van der Waals surface area contributed by atoms with Crippen molar-refractivity contribution in [3.8, 4) is 11.5 Å². The Hall–Kier alpha value is -3.55. The van der Waals surface area contributed by atoms with Gasteiger partial charge in [-0.1, -0.05) is 0 Å². The normalized spacial score (nSPS) is 13.2. The molecule has 2 aromatic carbocycles. The van der Waals surface area contributed by atoms with Crippen molar-refractivity contribution >= 4 is 29.2 Å². The van der Waals surface area contributed by atoms with Gasteiger partial charge in [-0.25, -0.2) is 4.79 Å². The first-order valence-electron chi connectivity index (χ1n) is 9.11. The van der Waals surface area contributed by atoms with Gasteiger partial charge in [-0.05, 0) is 48.9 Å². The Morgan fingerprint density at radius 1 is 1.07 bits per heavy atom. The summed E-state index contributed by atoms with van der Waals surface area (Å²) in [7, 11) is 2.73. The van der Waals surface area contributed by atoms with Gasteiger partial charge < -0.3 is 24.4 Å². The SMILES string of the molecule is COC(=O)c1ccc(OCC(=O)Nc2ccc(N3CCCC3=O)cc2)c(OC)c1. The van der Waals surface area contributed by atoms with Crippen LogP contribution in [0.15, 0.2) is 42.5 Å². The molecule has 1 aliphatic heterocycles. The summed E-state index contributed by atoms with van der Waals surface area (Å²) in [5.74, 6) is -0.0818. The number of hydrogen-bond acceptors (Lipinski definition) is 6. The molecule has 152 valence electrons. The summed E-state index contributed by atoms with van der Waals surface area (Å²) < 4.78 is 15.4. The van der Waals surface area contributed by atoms with Gasteiger partial charge in [0.05, 0.1) is 19.8 Å². The van der Waals surface area contributed by atoms with Crippen LogP contribution in [-0.4, -0.2) is 45.2 Å². The monoisotopic (exact) mass is 398 g/mol. The molecule has 3 rings (SSSR count). The number of benzene rings is 2. The van der Waals surface area contributed by atoms with E-state index in [0.717, 1.165) is 18.7 Å². The molecule has 29 heavy (non-hydrogen) atoms. The molecule has 1 N–H and O–H groups in total. The topological polar surface area (TPSA) is 94.2 Å². The Morgan fingerprint density at radius 3 is 2.45 bits per heavy atom. The van der Waals surface area contributed by atoms with Crippen molar-refractivity contribution in [1.82, 2.24) is 0 Å². The van der Waals surface area contributed by atoms with Crippen LogP contribution in [0.5, 0.6) is 11.5 Å². The lowest BCUT2D eigenvalue weighted by molar-refractivity contribution is -0.118. The van der Waals surface area contributed by atoms with Crippen molar-refractivity contribution in [2.75, 3.05) is 37.6 Å². The summed E-state index contributed by atoms with van der Waals surface area (Å²) in [5, 5.41) is 2.74. The minimum atomic E-state index is -0.494. The summed E-state index contributed by atoms with van der Waals surface area (Å²) >= 11 is 0. The zero-order chi connectivity index (χ0) is 20.8. The maximum Gasteiger partial charge on any atom is 0.337 e. The minimum absolute atomic E-state index is 0.113. The number of hydrogen-bond donors (Lipinski definition) is 1. The van der Waals surface area contributed by atoms with Crippen molar-refractivity contribution in [1.29, 1.82) is 0 Å². The van der Waals surface area contributed by atoms with E-state index >= 15 is 0 Å². The smallest absolute Gasteiger partial charge is 0.337 e. The standard InChI is InChI=1S/C21H22N2O6/c1-27-18-12-14(21(26)28-2)5-10-17(18)29-13-19(24)22-15-6-8-16(9-7-15)23-11-3-4-20(23)25/h5-10,12H,3-4,11,13H2,1-2H3,(H,22,24). The Labute approximate surface area is 168 Å². The van der Waals surface area contributed by atoms with Gasteiger partial charge in [-0.2, -0.15) is 0 Å². The van der Waals surface area contributed by atoms with Gasteiger partial charge in [0.15, 0.2) is 18.1 Å². The predicted octanol–water partition coefficient (Wildman–Crippen LogP) is 2.63. The first-order chi connectivity index (χ1) is 14.0. The van der Waals surface area contributed by atoms with Crippen LogP contribution < -0.4 is 19.7 Å². The van der Waals surface area contributed by atoms with Gasteiger partial charge in [0.2, 0.25) is 5.91 Å². The molecule has 1 fully saturated rings. The highest BCUT2D eigenvalue weighted by Crippen LogP contribution is 2.28. The Bertz CT molecular complexity index is 910. The van der Waals surface area contributed by atoms with Gasteiger partial charge in [0.1, 0.15) is 0 Å². The fraction of sp³-hybridized carbons (Fsp3) is 0.286. The number of methoxy groups -OCH3 is 2. The Balaban J connectivity index is 1.57. The summed E-state index contributed by atoms with van der Waals surface area (Å²) in [6, 6.07) is 11.6. The summed E-state index contributed by atoms with van der Waals surface area (Å²) in [6.07, 6.45) is 1.43. The number of rotatable bonds is 7. The van der Waals surface area contributed by atoms with Gasteiger partial charge in [0, 0.05) is 24.3 Å². The van der Waals surface area contributed by atoms with Crippen LogP contribution in [0.3, 0.4) is 0 Å². The fourth-order valence-electron chi connectivity index (χ4n) is 3.02. The van der Waals surface area contributed by atoms with Crippen LogP contribution in [0.25, 0.3) is 0 Å². The third-order valence-corrected chi connectivity index (χ3v) is 4.48. The molecule has 0 atom stereocenters. The molecule has 0 spiro atoms. The molecule has 8 heteroatoms. The van der Waals surface area contributed by atoms with Crippen LogP contribution in [0.4, 0.5) is 11.4 Å². The molecule has 0 aromatic heterocycles. The molecule has 1 saturated heterocycles. The van der Waals surface area contributed by atoms with E-state index in [-0.39, 0.29) is 18.4 Å². The average Bonchev–Trinajstić information content (AvgIpc) is 3.18. The third kappa shape index (κ3) is 4.84. The van der Waals surface area contributed by atoms with Crippen LogP contribution >= 0.6 is 0 Å². The first-order valence-corrected chi connectivity index (χ1v) is 9.11. The van der Waals surface area contributed by atoms with Crippen molar-refractivity contribution < 1.29 is 28.6 Å². The van der Waals surface area contributed by atoms with E-state index in [1.165, 1.54) is 26.4 Å². The number of esters is 1. The van der Waals surface area contributed by atoms with Gasteiger partial charge in [0.25, 0.3) is 5.91 Å². The quantitative estimate of drug-likeness (QED) is 0.721. The molecule has 0 unspecified atom stereocenters. The van der Waals surface area contributed by atoms with E-state index in [1.807, 2.05) is 0 Å². The van der Waals surface area contributed by atoms with Crippen LogP contribution in [0, 0.1) is 0 Å². The fourth-order valence-corrected chi connectivity index (χ4v) is 3.02. The molecule has 1 heterocycles. The van der Waals surface area contributed by atoms with Crippen molar-refractivity contribution in [3.63, 3.8) is 0 Å². The molecule has 0 radical (unpaired) electrons. The number of carbonyl (C=O) groups excluding carboxylic acids is 3. The molecule has 2 amide bonds. The molecule has 1 aliphatic rings. The average molecular weight is 398 g/mol. The number of amides is 2. The van der Waals surface area contributed by atoms with E-state index in [4.69, 9.17) is 9.47 Å². The van der Waals surface area contributed by atoms with E-state index in [2.05, 4.69) is 10.1 Å². The van der Waals surface area contributed by atoms with Gasteiger partial charge in [-0.3, -0.25) is 9.59 Å². The zero-order valence-electron chi connectivity index (χ0n) is 16.3. The molecule has 0 aliphatic carbocycles. The van der Waals surface area contributed by atoms with Crippen LogP contribution in [0.2, 0.25) is 0 Å². The van der Waals surface area contributed by atoms with Crippen molar-refractivity contribution in [2.45, 2.75) is 12.8 Å². The summed E-state index contributed by atoms with van der Waals surface area (Å²) in [5.41, 5.74) is 1.73. The van der Waals surface area contributed by atoms with Crippen molar-refractivity contribution in [3.05, 3.63) is 48.0 Å². The van der Waals surface area contributed by atoms with E-state index < -0.39 is 5.97 Å². The second kappa shape index (κ2) is 9.09. The van der Waals surface area contributed by atoms with Crippen LogP contribution in [0.1, 0.15) is 23.2 Å². The maximum atomic E-state index is 12.2. The van der Waals surface area contributed by atoms with Crippen LogP contribution in [-0.2, 0) is 14.3 Å². The predicted molar refractivity (Wildman–Crippen MR) is 106 cm³/mol. The summed E-state index contributed by atoms with van der Waals surface area (Å²) in [4.78, 5) is 37.3. The molecular weight excluding hydrogens is 376 g/mol. The number of nitrogens with zero attached hydrogens (tertiary/aromatic N) is 1. The zero-order valence-corrected chi connectivity index (χ0v) is 16.3. The lowest BCUT2D eigenvalue weighted by Gasteiger charge is -2.16. The number of nitrogens with one attached hydrogen (secondary N) is 1. The highest BCUT2D eigenvalue weighted by Gasteiger charge is 2.21. The first kappa shape index (κ1) is 20.2. The third-order valence-electron chi connectivity index (χ3n) is 4.48. The van der Waals surface area contributed by atoms with E-state index in [9.17, 15) is 14.4 Å². The molecule has 2 aromatic rings. The highest BCUT2D eigenvalue weighted by atomic mass is 16.5. The van der Waals surface area contributed by atoms with E-state index in [0.29, 0.717) is 29.2 Å². The minimum Gasteiger partial charge on any atom is -0.493 e. The second-order valence-electron chi connectivity index (χ2n) is 6.39. The number of carbonyl (C=O) groups is 3. The molecule has 0 saturated carbocycles. The Kier molecular flexibility index (Phi) is 6.33. The molecule has 0 bridgehead atoms. The van der Waals surface area contributed by atoms with Crippen molar-refractivity contribution in [2.24, 2.45) is 0 Å². The van der Waals surface area contributed by atoms with Gasteiger partial charge >= 0.3 is 5.97 Å². The van der Waals surface area contributed by atoms with E-state index in [1.54, 1.807) is 35.2 Å². The highest BCUT2D eigenvalue weighted by molar-refractivity contribution is 5.96. The molecular formula is C21H22N2O6. The summed E-state index contributed by atoms with van der Waals surface area (Å²) in [6.45, 7) is 0.481. The lowest BCUT2D eigenvalue weighted by atomic mass is 10.2. The lowest BCUT2D eigenvalue weighted by Crippen LogP contribution is -2.23. The maximum absolute atomic E-state index is 12.2.